The Bertz CT molecular complexity index is 1150. The van der Waals surface area contributed by atoms with Crippen molar-refractivity contribution in [2.24, 2.45) is 0 Å². The molecule has 0 aromatic heterocycles. The fourth-order valence-electron chi connectivity index (χ4n) is 5.44. The van der Waals surface area contributed by atoms with E-state index in [2.05, 4.69) is 159 Å². The lowest BCUT2D eigenvalue weighted by Gasteiger charge is -2.37. The van der Waals surface area contributed by atoms with E-state index in [0.29, 0.717) is 5.66 Å². The van der Waals surface area contributed by atoms with Gasteiger partial charge in [-0.2, -0.15) is 0 Å². The van der Waals surface area contributed by atoms with E-state index in [0.717, 1.165) is 0 Å². The Hall–Kier alpha value is -3.47. The lowest BCUT2D eigenvalue weighted by molar-refractivity contribution is 0.786. The van der Waals surface area contributed by atoms with Crippen LogP contribution in [0, 0.1) is 0 Å². The van der Waals surface area contributed by atoms with Gasteiger partial charge in [-0.3, -0.25) is 0 Å². The summed E-state index contributed by atoms with van der Waals surface area (Å²) in [4.78, 5) is 0. The molecule has 0 radical (unpaired) electrons. The minimum absolute atomic E-state index is 0.261. The monoisotopic (exact) mass is 457 g/mol. The molecule has 1 heteroatoms. The average Bonchev–Trinajstić information content (AvgIpc) is 2.92. The van der Waals surface area contributed by atoms with Crippen molar-refractivity contribution in [1.29, 1.82) is 0 Å². The van der Waals surface area contributed by atoms with E-state index in [9.17, 15) is 0 Å². The molecule has 0 aliphatic heterocycles. The van der Waals surface area contributed by atoms with Gasteiger partial charge in [0.05, 0.1) is 5.66 Å². The van der Waals surface area contributed by atoms with Crippen LogP contribution in [-0.2, 0) is 0 Å². The predicted molar refractivity (Wildman–Crippen MR) is 149 cm³/mol. The molecule has 0 bridgehead atoms. The molecule has 1 atom stereocenters. The summed E-state index contributed by atoms with van der Waals surface area (Å²) < 4.78 is 0. The average molecular weight is 458 g/mol. The molecule has 0 N–H and O–H groups in total. The molecule has 34 heavy (non-hydrogen) atoms. The zero-order valence-corrected chi connectivity index (χ0v) is 20.4. The molecule has 5 aromatic carbocycles. The van der Waals surface area contributed by atoms with Crippen molar-refractivity contribution >= 4 is 23.2 Å². The Labute approximate surface area is 204 Å². The Morgan fingerprint density at radius 2 is 0.647 bits per heavy atom. The predicted octanol–water partition coefficient (Wildman–Crippen LogP) is 7.20. The number of rotatable bonds is 7. The summed E-state index contributed by atoms with van der Waals surface area (Å²) >= 11 is 0. The second kappa shape index (κ2) is 10.2. The zero-order valence-electron chi connectivity index (χ0n) is 19.5. The lowest BCUT2D eigenvalue weighted by atomic mass is 9.89. The molecule has 166 valence electrons. The van der Waals surface area contributed by atoms with Gasteiger partial charge in [0.15, 0.2) is 0 Å². The van der Waals surface area contributed by atoms with Crippen LogP contribution in [0.1, 0.15) is 24.0 Å². The zero-order chi connectivity index (χ0) is 23.2. The fourth-order valence-corrected chi connectivity index (χ4v) is 10.5. The SMILES string of the molecule is CC(C(c1ccccc1)c1ccccc1)[P+](c1ccccc1)(c1ccccc1)c1ccccc1. The summed E-state index contributed by atoms with van der Waals surface area (Å²) in [6.07, 6.45) is 0. The number of hydrogen-bond donors (Lipinski definition) is 0. The maximum Gasteiger partial charge on any atom is 0.115 e. The van der Waals surface area contributed by atoms with Gasteiger partial charge in [-0.25, -0.2) is 0 Å². The summed E-state index contributed by atoms with van der Waals surface area (Å²) in [6, 6.07) is 55.7. The molecule has 1 unspecified atom stereocenters. The molecule has 0 saturated carbocycles. The van der Waals surface area contributed by atoms with Crippen LogP contribution < -0.4 is 15.9 Å². The molecule has 0 aliphatic carbocycles. The van der Waals surface area contributed by atoms with Crippen LogP contribution in [0.3, 0.4) is 0 Å². The van der Waals surface area contributed by atoms with Crippen LogP contribution in [0.25, 0.3) is 0 Å². The number of hydrogen-bond acceptors (Lipinski definition) is 0. The molecule has 0 heterocycles. The van der Waals surface area contributed by atoms with Crippen molar-refractivity contribution in [2.45, 2.75) is 18.5 Å². The summed E-state index contributed by atoms with van der Waals surface area (Å²) in [6.45, 7) is 2.48. The molecule has 0 nitrogen and oxygen atoms in total. The van der Waals surface area contributed by atoms with Gasteiger partial charge in [-0.05, 0) is 54.4 Å². The van der Waals surface area contributed by atoms with Crippen molar-refractivity contribution in [3.8, 4) is 0 Å². The summed E-state index contributed by atoms with van der Waals surface area (Å²) in [7, 11) is -2.03. The Morgan fingerprint density at radius 3 is 0.941 bits per heavy atom. The van der Waals surface area contributed by atoms with E-state index >= 15 is 0 Å². The van der Waals surface area contributed by atoms with Gasteiger partial charge in [0.2, 0.25) is 0 Å². The van der Waals surface area contributed by atoms with Crippen molar-refractivity contribution < 1.29 is 0 Å². The van der Waals surface area contributed by atoms with Crippen LogP contribution in [0.15, 0.2) is 152 Å². The molecule has 0 amide bonds. The van der Waals surface area contributed by atoms with Crippen molar-refractivity contribution in [1.82, 2.24) is 0 Å². The lowest BCUT2D eigenvalue weighted by Crippen LogP contribution is -2.40. The molecule has 0 spiro atoms. The normalized spacial score (nSPS) is 12.4. The van der Waals surface area contributed by atoms with Crippen LogP contribution in [0.5, 0.6) is 0 Å². The van der Waals surface area contributed by atoms with Crippen molar-refractivity contribution in [2.75, 3.05) is 0 Å². The Kier molecular flexibility index (Phi) is 6.70. The van der Waals surface area contributed by atoms with E-state index < -0.39 is 7.26 Å². The molecule has 0 fully saturated rings. The first kappa shape index (κ1) is 22.3. The summed E-state index contributed by atoms with van der Waals surface area (Å²) in [5.41, 5.74) is 3.08. The van der Waals surface area contributed by atoms with E-state index in [1.165, 1.54) is 27.0 Å². The van der Waals surface area contributed by atoms with Crippen molar-refractivity contribution in [3.05, 3.63) is 163 Å². The van der Waals surface area contributed by atoms with Crippen LogP contribution >= 0.6 is 7.26 Å². The van der Waals surface area contributed by atoms with E-state index in [4.69, 9.17) is 0 Å². The highest BCUT2D eigenvalue weighted by Crippen LogP contribution is 2.63. The van der Waals surface area contributed by atoms with Gasteiger partial charge in [-0.1, -0.05) is 115 Å². The van der Waals surface area contributed by atoms with E-state index in [1.54, 1.807) is 0 Å². The molecular weight excluding hydrogens is 427 g/mol. The second-order valence-electron chi connectivity index (χ2n) is 8.77. The van der Waals surface area contributed by atoms with E-state index in [-0.39, 0.29) is 5.92 Å². The Morgan fingerprint density at radius 1 is 0.382 bits per heavy atom. The highest BCUT2D eigenvalue weighted by molar-refractivity contribution is 7.96. The summed E-state index contributed by atoms with van der Waals surface area (Å²) in [5, 5.41) is 4.28. The van der Waals surface area contributed by atoms with Crippen LogP contribution in [0.2, 0.25) is 0 Å². The maximum absolute atomic E-state index is 2.48. The molecular formula is C33H30P+. The quantitative estimate of drug-likeness (QED) is 0.227. The standard InChI is InChI=1S/C33H30P/c1-27(33(28-17-7-2-8-18-28)29-19-9-3-10-20-29)34(30-21-11-4-12-22-30,31-23-13-5-14-24-31)32-25-15-6-16-26-32/h2-27,33H,1H3/q+1. The fraction of sp³-hybridized carbons (Fsp3) is 0.0909. The van der Waals surface area contributed by atoms with Gasteiger partial charge < -0.3 is 0 Å². The first-order chi connectivity index (χ1) is 16.8. The largest absolute Gasteiger partial charge is 0.115 e. The third-order valence-electron chi connectivity index (χ3n) is 6.90. The van der Waals surface area contributed by atoms with Gasteiger partial charge in [0.25, 0.3) is 0 Å². The summed E-state index contributed by atoms with van der Waals surface area (Å²) in [5.74, 6) is 0.261. The van der Waals surface area contributed by atoms with Crippen LogP contribution in [0.4, 0.5) is 0 Å². The van der Waals surface area contributed by atoms with Crippen LogP contribution in [-0.4, -0.2) is 5.66 Å². The van der Waals surface area contributed by atoms with Crippen molar-refractivity contribution in [3.63, 3.8) is 0 Å². The van der Waals surface area contributed by atoms with Gasteiger partial charge >= 0.3 is 0 Å². The Balaban J connectivity index is 1.84. The highest BCUT2D eigenvalue weighted by atomic mass is 31.2. The molecule has 0 saturated heterocycles. The third kappa shape index (κ3) is 4.11. The second-order valence-corrected chi connectivity index (χ2v) is 12.6. The van der Waals surface area contributed by atoms with Gasteiger partial charge in [0.1, 0.15) is 23.2 Å². The minimum atomic E-state index is -2.03. The minimum Gasteiger partial charge on any atom is -0.0622 e. The first-order valence-corrected chi connectivity index (χ1v) is 13.8. The molecule has 0 aliphatic rings. The first-order valence-electron chi connectivity index (χ1n) is 12.0. The van der Waals surface area contributed by atoms with E-state index in [1.807, 2.05) is 0 Å². The topological polar surface area (TPSA) is 0 Å². The third-order valence-corrected chi connectivity index (χ3v) is 11.8. The molecule has 5 aromatic rings. The molecule has 5 rings (SSSR count). The highest BCUT2D eigenvalue weighted by Gasteiger charge is 2.53. The smallest absolute Gasteiger partial charge is 0.0622 e. The van der Waals surface area contributed by atoms with Gasteiger partial charge in [-0.15, -0.1) is 0 Å². The number of benzene rings is 5. The maximum atomic E-state index is 2.48. The van der Waals surface area contributed by atoms with Gasteiger partial charge in [0, 0.05) is 5.92 Å².